The van der Waals surface area contributed by atoms with E-state index in [1.165, 1.54) is 0 Å². The van der Waals surface area contributed by atoms with Crippen LogP contribution in [0, 0.1) is 0 Å². The topological polar surface area (TPSA) is 94.2 Å². The molecule has 0 unspecified atom stereocenters. The standard InChI is InChI=1S/C20H21N3O3/c1-2-8-21-12-19(24)22-16-5-3-4-13(10-16)14-6-7-17-15(9-14)11-18(23-17)20(25)26/h3-7,9-11,21,23H,2,8,12H2,1H3,(H,22,24)(H,25,26). The van der Waals surface area contributed by atoms with Crippen LogP contribution in [-0.2, 0) is 4.79 Å². The number of nitrogens with one attached hydrogen (secondary N) is 3. The number of hydrogen-bond acceptors (Lipinski definition) is 3. The smallest absolute Gasteiger partial charge is 0.352 e. The van der Waals surface area contributed by atoms with Crippen molar-refractivity contribution in [3.05, 3.63) is 54.2 Å². The summed E-state index contributed by atoms with van der Waals surface area (Å²) in [6.45, 7) is 3.14. The van der Waals surface area contributed by atoms with Gasteiger partial charge in [-0.15, -0.1) is 0 Å². The van der Waals surface area contributed by atoms with Gasteiger partial charge in [0.1, 0.15) is 5.69 Å². The SMILES string of the molecule is CCCNCC(=O)Nc1cccc(-c2ccc3[nH]c(C(=O)O)cc3c2)c1. The highest BCUT2D eigenvalue weighted by atomic mass is 16.4. The van der Waals surface area contributed by atoms with Gasteiger partial charge in [0, 0.05) is 16.6 Å². The molecule has 0 atom stereocenters. The van der Waals surface area contributed by atoms with Gasteiger partial charge in [-0.05, 0) is 54.4 Å². The van der Waals surface area contributed by atoms with E-state index in [9.17, 15) is 9.59 Å². The van der Waals surface area contributed by atoms with Gasteiger partial charge in [0.25, 0.3) is 0 Å². The third-order valence-electron chi connectivity index (χ3n) is 4.04. The third kappa shape index (κ3) is 4.10. The lowest BCUT2D eigenvalue weighted by Gasteiger charge is -2.08. The molecule has 6 heteroatoms. The van der Waals surface area contributed by atoms with Crippen molar-refractivity contribution >= 4 is 28.5 Å². The monoisotopic (exact) mass is 351 g/mol. The normalized spacial score (nSPS) is 10.8. The molecule has 6 nitrogen and oxygen atoms in total. The Bertz CT molecular complexity index is 946. The molecule has 3 rings (SSSR count). The molecule has 3 aromatic rings. The van der Waals surface area contributed by atoms with E-state index < -0.39 is 5.97 Å². The third-order valence-corrected chi connectivity index (χ3v) is 4.04. The van der Waals surface area contributed by atoms with Crippen molar-refractivity contribution in [1.29, 1.82) is 0 Å². The van der Waals surface area contributed by atoms with Crippen LogP contribution in [0.4, 0.5) is 5.69 Å². The van der Waals surface area contributed by atoms with Crippen LogP contribution < -0.4 is 10.6 Å². The summed E-state index contributed by atoms with van der Waals surface area (Å²) in [7, 11) is 0. The lowest BCUT2D eigenvalue weighted by molar-refractivity contribution is -0.115. The molecular weight excluding hydrogens is 330 g/mol. The molecule has 26 heavy (non-hydrogen) atoms. The minimum atomic E-state index is -0.982. The number of aromatic amines is 1. The molecule has 0 saturated carbocycles. The minimum Gasteiger partial charge on any atom is -0.477 e. The Morgan fingerprint density at radius 3 is 2.65 bits per heavy atom. The number of benzene rings is 2. The van der Waals surface area contributed by atoms with E-state index in [-0.39, 0.29) is 18.1 Å². The van der Waals surface area contributed by atoms with Crippen molar-refractivity contribution in [2.75, 3.05) is 18.4 Å². The molecule has 0 aliphatic rings. The largest absolute Gasteiger partial charge is 0.477 e. The number of aromatic carboxylic acids is 1. The molecule has 1 amide bonds. The van der Waals surface area contributed by atoms with Crippen LogP contribution in [0.2, 0.25) is 0 Å². The number of anilines is 1. The number of rotatable bonds is 7. The Labute approximate surface area is 151 Å². The number of H-pyrrole nitrogens is 1. The number of hydrogen-bond donors (Lipinski definition) is 4. The second-order valence-electron chi connectivity index (χ2n) is 6.10. The van der Waals surface area contributed by atoms with Crippen LogP contribution in [0.1, 0.15) is 23.8 Å². The maximum absolute atomic E-state index is 11.9. The molecule has 0 aliphatic carbocycles. The van der Waals surface area contributed by atoms with Gasteiger partial charge in [0.15, 0.2) is 0 Å². The molecule has 134 valence electrons. The minimum absolute atomic E-state index is 0.0808. The number of carbonyl (C=O) groups is 2. The van der Waals surface area contributed by atoms with E-state index in [2.05, 4.69) is 22.5 Å². The highest BCUT2D eigenvalue weighted by molar-refractivity contribution is 5.96. The molecule has 0 fully saturated rings. The predicted octanol–water partition coefficient (Wildman–Crippen LogP) is 3.47. The molecule has 1 heterocycles. The van der Waals surface area contributed by atoms with Crippen molar-refractivity contribution in [1.82, 2.24) is 10.3 Å². The summed E-state index contributed by atoms with van der Waals surface area (Å²) in [5.41, 5.74) is 3.57. The number of carbonyl (C=O) groups excluding carboxylic acids is 1. The van der Waals surface area contributed by atoms with E-state index in [1.807, 2.05) is 42.5 Å². The van der Waals surface area contributed by atoms with Gasteiger partial charge in [0.05, 0.1) is 6.54 Å². The van der Waals surface area contributed by atoms with Gasteiger partial charge in [-0.3, -0.25) is 4.79 Å². The zero-order valence-electron chi connectivity index (χ0n) is 14.5. The fraction of sp³-hybridized carbons (Fsp3) is 0.200. The fourth-order valence-corrected chi connectivity index (χ4v) is 2.79. The first-order valence-electron chi connectivity index (χ1n) is 8.54. The van der Waals surface area contributed by atoms with Gasteiger partial charge < -0.3 is 20.7 Å². The molecule has 1 aromatic heterocycles. The van der Waals surface area contributed by atoms with Crippen LogP contribution in [-0.4, -0.2) is 35.1 Å². The molecule has 0 saturated heterocycles. The highest BCUT2D eigenvalue weighted by Crippen LogP contribution is 2.27. The van der Waals surface area contributed by atoms with Crippen molar-refractivity contribution < 1.29 is 14.7 Å². The number of aromatic nitrogens is 1. The second-order valence-corrected chi connectivity index (χ2v) is 6.10. The number of carboxylic acids is 1. The fourth-order valence-electron chi connectivity index (χ4n) is 2.79. The van der Waals surface area contributed by atoms with Crippen LogP contribution in [0.3, 0.4) is 0 Å². The molecule has 0 spiro atoms. The summed E-state index contributed by atoms with van der Waals surface area (Å²) in [5.74, 6) is -1.06. The summed E-state index contributed by atoms with van der Waals surface area (Å²) in [5, 5.41) is 15.9. The Kier molecular flexibility index (Phi) is 5.34. The zero-order valence-corrected chi connectivity index (χ0v) is 14.5. The Hall–Kier alpha value is -3.12. The van der Waals surface area contributed by atoms with E-state index in [0.717, 1.165) is 40.7 Å². The molecule has 0 aliphatic heterocycles. The Balaban J connectivity index is 1.80. The quantitative estimate of drug-likeness (QED) is 0.490. The van der Waals surface area contributed by atoms with Gasteiger partial charge in [-0.1, -0.05) is 25.1 Å². The zero-order chi connectivity index (χ0) is 18.5. The first-order chi connectivity index (χ1) is 12.6. The summed E-state index contributed by atoms with van der Waals surface area (Å²) < 4.78 is 0. The molecule has 0 bridgehead atoms. The first kappa shape index (κ1) is 17.7. The first-order valence-corrected chi connectivity index (χ1v) is 8.54. The number of amides is 1. The second kappa shape index (κ2) is 7.84. The summed E-state index contributed by atoms with van der Waals surface area (Å²) >= 11 is 0. The van der Waals surface area contributed by atoms with Crippen LogP contribution >= 0.6 is 0 Å². The predicted molar refractivity (Wildman–Crippen MR) is 102 cm³/mol. The van der Waals surface area contributed by atoms with Crippen molar-refractivity contribution in [2.45, 2.75) is 13.3 Å². The van der Waals surface area contributed by atoms with Crippen molar-refractivity contribution in [2.24, 2.45) is 0 Å². The Morgan fingerprint density at radius 2 is 1.88 bits per heavy atom. The average Bonchev–Trinajstić information content (AvgIpc) is 3.06. The summed E-state index contributed by atoms with van der Waals surface area (Å²) in [6, 6.07) is 14.9. The van der Waals surface area contributed by atoms with Crippen molar-refractivity contribution in [3.63, 3.8) is 0 Å². The van der Waals surface area contributed by atoms with E-state index in [1.54, 1.807) is 6.07 Å². The Morgan fingerprint density at radius 1 is 1.08 bits per heavy atom. The number of fused-ring (bicyclic) bond motifs is 1. The maximum atomic E-state index is 11.9. The van der Waals surface area contributed by atoms with Crippen molar-refractivity contribution in [3.8, 4) is 11.1 Å². The maximum Gasteiger partial charge on any atom is 0.352 e. The average molecular weight is 351 g/mol. The molecular formula is C20H21N3O3. The van der Waals surface area contributed by atoms with Crippen LogP contribution in [0.5, 0.6) is 0 Å². The summed E-state index contributed by atoms with van der Waals surface area (Å²) in [6.07, 6.45) is 0.980. The highest BCUT2D eigenvalue weighted by Gasteiger charge is 2.09. The van der Waals surface area contributed by atoms with Crippen LogP contribution in [0.25, 0.3) is 22.0 Å². The van der Waals surface area contributed by atoms with Gasteiger partial charge >= 0.3 is 5.97 Å². The van der Waals surface area contributed by atoms with Gasteiger partial charge in [-0.2, -0.15) is 0 Å². The number of carboxylic acid groups (broad SMARTS) is 1. The lowest BCUT2D eigenvalue weighted by Crippen LogP contribution is -2.28. The van der Waals surface area contributed by atoms with E-state index in [0.29, 0.717) is 0 Å². The van der Waals surface area contributed by atoms with Gasteiger partial charge in [0.2, 0.25) is 5.91 Å². The molecule has 4 N–H and O–H groups in total. The molecule has 0 radical (unpaired) electrons. The lowest BCUT2D eigenvalue weighted by atomic mass is 10.0. The van der Waals surface area contributed by atoms with E-state index >= 15 is 0 Å². The summed E-state index contributed by atoms with van der Waals surface area (Å²) in [4.78, 5) is 25.9. The molecule has 2 aromatic carbocycles. The van der Waals surface area contributed by atoms with Gasteiger partial charge in [-0.25, -0.2) is 4.79 Å². The van der Waals surface area contributed by atoms with E-state index in [4.69, 9.17) is 5.11 Å². The van der Waals surface area contributed by atoms with Crippen LogP contribution in [0.15, 0.2) is 48.5 Å².